The number of imidazole rings is 1. The smallest absolute Gasteiger partial charge is 0.417 e. The Morgan fingerprint density at radius 1 is 1.28 bits per heavy atom. The number of hydrogen-bond donors (Lipinski definition) is 0. The van der Waals surface area contributed by atoms with Crippen molar-refractivity contribution in [2.24, 2.45) is 0 Å². The number of aromatic nitrogens is 2. The van der Waals surface area contributed by atoms with Gasteiger partial charge in [0.05, 0.1) is 17.7 Å². The minimum Gasteiger partial charge on any atom is -0.496 e. The molecule has 0 saturated heterocycles. The minimum absolute atomic E-state index is 0.0492. The number of nitriles is 1. The van der Waals surface area contributed by atoms with Crippen molar-refractivity contribution in [1.29, 1.82) is 5.26 Å². The molecular formula is C17H11ClF3N3O. The fraction of sp³-hybridized carbons (Fsp3) is 0.176. The van der Waals surface area contributed by atoms with Gasteiger partial charge >= 0.3 is 6.18 Å². The standard InChI is InChI=1S/C17H11ClF3N3O/c1-9-3-4-14(25-2)11(5-9)15-13(7-22)24-8-10(17(19,20)21)6-12(18)16(24)23-15/h3-6,8H,1-2H3. The summed E-state index contributed by atoms with van der Waals surface area (Å²) in [6, 6.07) is 7.98. The van der Waals surface area contributed by atoms with Gasteiger partial charge in [-0.3, -0.25) is 4.40 Å². The lowest BCUT2D eigenvalue weighted by atomic mass is 10.1. The quantitative estimate of drug-likeness (QED) is 0.651. The Kier molecular flexibility index (Phi) is 4.09. The van der Waals surface area contributed by atoms with E-state index >= 15 is 0 Å². The predicted octanol–water partition coefficient (Wildman–Crippen LogP) is 4.86. The summed E-state index contributed by atoms with van der Waals surface area (Å²) in [5.41, 5.74) is 0.675. The number of halogens is 4. The van der Waals surface area contributed by atoms with E-state index in [4.69, 9.17) is 16.3 Å². The number of pyridine rings is 1. The van der Waals surface area contributed by atoms with Crippen molar-refractivity contribution >= 4 is 17.2 Å². The number of nitrogens with zero attached hydrogens (tertiary/aromatic N) is 3. The number of hydrogen-bond acceptors (Lipinski definition) is 3. The van der Waals surface area contributed by atoms with Crippen LogP contribution in [0.3, 0.4) is 0 Å². The van der Waals surface area contributed by atoms with Gasteiger partial charge in [-0.1, -0.05) is 23.2 Å². The second-order valence-corrected chi connectivity index (χ2v) is 5.80. The van der Waals surface area contributed by atoms with Crippen molar-refractivity contribution in [3.8, 4) is 23.1 Å². The zero-order valence-corrected chi connectivity index (χ0v) is 13.9. The summed E-state index contributed by atoms with van der Waals surface area (Å²) in [7, 11) is 1.46. The molecule has 25 heavy (non-hydrogen) atoms. The molecule has 2 heterocycles. The molecule has 0 aliphatic rings. The summed E-state index contributed by atoms with van der Waals surface area (Å²) in [4.78, 5) is 4.29. The van der Waals surface area contributed by atoms with E-state index in [-0.39, 0.29) is 22.1 Å². The second-order valence-electron chi connectivity index (χ2n) is 5.39. The molecule has 0 fully saturated rings. The highest BCUT2D eigenvalue weighted by atomic mass is 35.5. The van der Waals surface area contributed by atoms with Crippen LogP contribution in [0.25, 0.3) is 16.9 Å². The van der Waals surface area contributed by atoms with Crippen LogP contribution in [0.2, 0.25) is 5.02 Å². The topological polar surface area (TPSA) is 50.3 Å². The molecule has 0 aliphatic carbocycles. The van der Waals surface area contributed by atoms with Crippen LogP contribution in [0.5, 0.6) is 5.75 Å². The van der Waals surface area contributed by atoms with Crippen molar-refractivity contribution in [2.75, 3.05) is 7.11 Å². The number of ether oxygens (including phenoxy) is 1. The first-order valence-corrected chi connectivity index (χ1v) is 7.48. The molecule has 3 aromatic rings. The Morgan fingerprint density at radius 3 is 2.60 bits per heavy atom. The van der Waals surface area contributed by atoms with Gasteiger partial charge in [-0.05, 0) is 25.1 Å². The third-order valence-corrected chi connectivity index (χ3v) is 4.00. The summed E-state index contributed by atoms with van der Waals surface area (Å²) >= 11 is 5.98. The monoisotopic (exact) mass is 365 g/mol. The van der Waals surface area contributed by atoms with Crippen molar-refractivity contribution in [2.45, 2.75) is 13.1 Å². The molecule has 1 aromatic carbocycles. The second kappa shape index (κ2) is 5.97. The zero-order chi connectivity index (χ0) is 18.4. The molecule has 0 bridgehead atoms. The van der Waals surface area contributed by atoms with Gasteiger partial charge < -0.3 is 4.74 Å². The average molecular weight is 366 g/mol. The third kappa shape index (κ3) is 2.89. The Bertz CT molecular complexity index is 1020. The number of methoxy groups -OCH3 is 1. The van der Waals surface area contributed by atoms with Crippen LogP contribution in [0, 0.1) is 18.3 Å². The van der Waals surface area contributed by atoms with Crippen LogP contribution in [-0.2, 0) is 6.18 Å². The number of benzene rings is 1. The molecule has 0 aliphatic heterocycles. The summed E-state index contributed by atoms with van der Waals surface area (Å²) in [6.07, 6.45) is -3.77. The molecule has 3 rings (SSSR count). The van der Waals surface area contributed by atoms with E-state index < -0.39 is 11.7 Å². The van der Waals surface area contributed by atoms with Gasteiger partial charge in [0.1, 0.15) is 17.5 Å². The SMILES string of the molecule is COc1ccc(C)cc1-c1nc2c(Cl)cc(C(F)(F)F)cn2c1C#N. The van der Waals surface area contributed by atoms with E-state index in [9.17, 15) is 18.4 Å². The fourth-order valence-electron chi connectivity index (χ4n) is 2.56. The molecule has 4 nitrogen and oxygen atoms in total. The lowest BCUT2D eigenvalue weighted by Gasteiger charge is -2.08. The van der Waals surface area contributed by atoms with Crippen molar-refractivity contribution in [1.82, 2.24) is 9.38 Å². The lowest BCUT2D eigenvalue weighted by molar-refractivity contribution is -0.137. The largest absolute Gasteiger partial charge is 0.496 e. The molecule has 2 aromatic heterocycles. The molecule has 0 N–H and O–H groups in total. The maximum Gasteiger partial charge on any atom is 0.417 e. The van der Waals surface area contributed by atoms with Gasteiger partial charge in [-0.15, -0.1) is 0 Å². The van der Waals surface area contributed by atoms with E-state index in [1.807, 2.05) is 19.1 Å². The van der Waals surface area contributed by atoms with Gasteiger partial charge in [0, 0.05) is 11.8 Å². The van der Waals surface area contributed by atoms with Gasteiger partial charge in [-0.2, -0.15) is 18.4 Å². The average Bonchev–Trinajstić information content (AvgIpc) is 2.93. The molecular weight excluding hydrogens is 355 g/mol. The Morgan fingerprint density at radius 2 is 2.00 bits per heavy atom. The van der Waals surface area contributed by atoms with Gasteiger partial charge in [-0.25, -0.2) is 4.98 Å². The highest BCUT2D eigenvalue weighted by Crippen LogP contribution is 2.37. The Balaban J connectivity index is 2.37. The summed E-state index contributed by atoms with van der Waals surface area (Å²) in [5, 5.41) is 9.32. The molecule has 0 saturated carbocycles. The van der Waals surface area contributed by atoms with E-state index in [1.54, 1.807) is 12.1 Å². The Hall–Kier alpha value is -2.72. The summed E-state index contributed by atoms with van der Waals surface area (Å²) in [6.45, 7) is 1.85. The van der Waals surface area contributed by atoms with E-state index in [0.717, 1.165) is 22.2 Å². The number of aryl methyl sites for hydroxylation is 1. The van der Waals surface area contributed by atoms with Crippen molar-refractivity contribution < 1.29 is 17.9 Å². The van der Waals surface area contributed by atoms with Crippen LogP contribution in [-0.4, -0.2) is 16.5 Å². The first-order valence-electron chi connectivity index (χ1n) is 7.10. The van der Waals surface area contributed by atoms with Gasteiger partial charge in [0.25, 0.3) is 0 Å². The van der Waals surface area contributed by atoms with Gasteiger partial charge in [0.2, 0.25) is 0 Å². The number of rotatable bonds is 2. The highest BCUT2D eigenvalue weighted by Gasteiger charge is 2.32. The molecule has 8 heteroatoms. The summed E-state index contributed by atoms with van der Waals surface area (Å²) in [5.74, 6) is 0.456. The van der Waals surface area contributed by atoms with Crippen LogP contribution in [0.15, 0.2) is 30.5 Å². The lowest BCUT2D eigenvalue weighted by Crippen LogP contribution is -2.07. The molecule has 0 spiro atoms. The third-order valence-electron chi connectivity index (χ3n) is 3.72. The molecule has 0 amide bonds. The normalized spacial score (nSPS) is 11.6. The number of fused-ring (bicyclic) bond motifs is 1. The van der Waals surface area contributed by atoms with E-state index in [2.05, 4.69) is 4.98 Å². The van der Waals surface area contributed by atoms with E-state index in [1.165, 1.54) is 7.11 Å². The first-order chi connectivity index (χ1) is 11.8. The minimum atomic E-state index is -4.59. The van der Waals surface area contributed by atoms with Crippen LogP contribution in [0.1, 0.15) is 16.8 Å². The Labute approximate surface area is 146 Å². The maximum atomic E-state index is 13.0. The molecule has 0 atom stereocenters. The van der Waals surface area contributed by atoms with E-state index in [0.29, 0.717) is 11.3 Å². The highest BCUT2D eigenvalue weighted by molar-refractivity contribution is 6.33. The summed E-state index contributed by atoms with van der Waals surface area (Å²) < 4.78 is 45.5. The first kappa shape index (κ1) is 17.1. The fourth-order valence-corrected chi connectivity index (χ4v) is 2.81. The van der Waals surface area contributed by atoms with Crippen LogP contribution < -0.4 is 4.74 Å². The predicted molar refractivity (Wildman–Crippen MR) is 86.6 cm³/mol. The van der Waals surface area contributed by atoms with Crippen molar-refractivity contribution in [3.63, 3.8) is 0 Å². The van der Waals surface area contributed by atoms with Crippen LogP contribution in [0.4, 0.5) is 13.2 Å². The molecule has 0 unspecified atom stereocenters. The van der Waals surface area contributed by atoms with Gasteiger partial charge in [0.15, 0.2) is 11.3 Å². The maximum absolute atomic E-state index is 13.0. The van der Waals surface area contributed by atoms with Crippen molar-refractivity contribution in [3.05, 3.63) is 52.3 Å². The van der Waals surface area contributed by atoms with Crippen LogP contribution >= 0.6 is 11.6 Å². The number of alkyl halides is 3. The molecule has 128 valence electrons. The zero-order valence-electron chi connectivity index (χ0n) is 13.1. The molecule has 0 radical (unpaired) electrons.